The van der Waals surface area contributed by atoms with E-state index < -0.39 is 6.04 Å². The standard InChI is InChI=1S/C12H22N2OS/c1-3-6-10(13)11(15)14-9-12(16-2)7-4-5-8-12/h3,10H,1,4-9,13H2,2H3,(H,14,15). The topological polar surface area (TPSA) is 55.1 Å². The van der Waals surface area contributed by atoms with Crippen molar-refractivity contribution in [2.24, 2.45) is 5.73 Å². The van der Waals surface area contributed by atoms with Crippen LogP contribution in [0, 0.1) is 0 Å². The molecule has 0 radical (unpaired) electrons. The van der Waals surface area contributed by atoms with Gasteiger partial charge in [0.05, 0.1) is 6.04 Å². The molecule has 3 nitrogen and oxygen atoms in total. The lowest BCUT2D eigenvalue weighted by Gasteiger charge is -2.27. The molecule has 0 spiro atoms. The van der Waals surface area contributed by atoms with Gasteiger partial charge < -0.3 is 11.1 Å². The molecule has 0 aromatic heterocycles. The summed E-state index contributed by atoms with van der Waals surface area (Å²) in [6, 6.07) is -0.446. The van der Waals surface area contributed by atoms with Crippen molar-refractivity contribution in [1.29, 1.82) is 0 Å². The summed E-state index contributed by atoms with van der Waals surface area (Å²) in [5.41, 5.74) is 5.71. The van der Waals surface area contributed by atoms with Crippen molar-refractivity contribution in [1.82, 2.24) is 5.32 Å². The Morgan fingerprint density at radius 2 is 2.25 bits per heavy atom. The van der Waals surface area contributed by atoms with E-state index in [4.69, 9.17) is 5.73 Å². The van der Waals surface area contributed by atoms with Crippen molar-refractivity contribution in [2.75, 3.05) is 12.8 Å². The van der Waals surface area contributed by atoms with Crippen LogP contribution >= 0.6 is 11.8 Å². The van der Waals surface area contributed by atoms with E-state index in [1.54, 1.807) is 6.08 Å². The predicted octanol–water partition coefficient (Wildman–Crippen LogP) is 1.68. The summed E-state index contributed by atoms with van der Waals surface area (Å²) in [5.74, 6) is -0.0553. The third-order valence-corrected chi connectivity index (χ3v) is 4.71. The first-order valence-electron chi connectivity index (χ1n) is 5.83. The minimum atomic E-state index is -0.446. The number of hydrogen-bond acceptors (Lipinski definition) is 3. The quantitative estimate of drug-likeness (QED) is 0.697. The molecule has 1 aliphatic carbocycles. The summed E-state index contributed by atoms with van der Waals surface area (Å²) in [4.78, 5) is 11.7. The molecule has 0 heterocycles. The van der Waals surface area contributed by atoms with Crippen molar-refractivity contribution in [2.45, 2.75) is 42.9 Å². The van der Waals surface area contributed by atoms with Crippen molar-refractivity contribution < 1.29 is 4.79 Å². The monoisotopic (exact) mass is 242 g/mol. The maximum atomic E-state index is 11.7. The molecular formula is C12H22N2OS. The maximum Gasteiger partial charge on any atom is 0.237 e. The number of rotatable bonds is 6. The van der Waals surface area contributed by atoms with Gasteiger partial charge in [-0.1, -0.05) is 18.9 Å². The Morgan fingerprint density at radius 1 is 1.62 bits per heavy atom. The van der Waals surface area contributed by atoms with Crippen LogP contribution in [0.3, 0.4) is 0 Å². The maximum absolute atomic E-state index is 11.7. The SMILES string of the molecule is C=CCC(N)C(=O)NCC1(SC)CCCC1. The van der Waals surface area contributed by atoms with E-state index in [2.05, 4.69) is 18.2 Å². The Morgan fingerprint density at radius 3 is 2.75 bits per heavy atom. The molecule has 0 aliphatic heterocycles. The summed E-state index contributed by atoms with van der Waals surface area (Å²) in [6.07, 6.45) is 9.30. The second-order valence-electron chi connectivity index (χ2n) is 4.44. The summed E-state index contributed by atoms with van der Waals surface area (Å²) < 4.78 is 0.254. The average molecular weight is 242 g/mol. The van der Waals surface area contributed by atoms with Crippen molar-refractivity contribution in [3.05, 3.63) is 12.7 Å². The van der Waals surface area contributed by atoms with Gasteiger partial charge in [-0.05, 0) is 25.5 Å². The first-order valence-corrected chi connectivity index (χ1v) is 7.05. The predicted molar refractivity (Wildman–Crippen MR) is 70.5 cm³/mol. The van der Waals surface area contributed by atoms with Gasteiger partial charge >= 0.3 is 0 Å². The molecule has 1 rings (SSSR count). The van der Waals surface area contributed by atoms with Crippen LogP contribution in [0.2, 0.25) is 0 Å². The van der Waals surface area contributed by atoms with Gasteiger partial charge in [0.15, 0.2) is 0 Å². The lowest BCUT2D eigenvalue weighted by molar-refractivity contribution is -0.122. The number of nitrogens with two attached hydrogens (primary N) is 1. The van der Waals surface area contributed by atoms with Gasteiger partial charge in [-0.25, -0.2) is 0 Å². The largest absolute Gasteiger partial charge is 0.353 e. The Labute approximate surface area is 102 Å². The van der Waals surface area contributed by atoms with Crippen LogP contribution in [-0.4, -0.2) is 29.5 Å². The van der Waals surface area contributed by atoms with E-state index in [0.717, 1.165) is 6.54 Å². The van der Waals surface area contributed by atoms with Crippen LogP contribution in [0.15, 0.2) is 12.7 Å². The van der Waals surface area contributed by atoms with Crippen molar-refractivity contribution in [3.63, 3.8) is 0 Å². The van der Waals surface area contributed by atoms with E-state index in [9.17, 15) is 4.79 Å². The van der Waals surface area contributed by atoms with Crippen molar-refractivity contribution in [3.8, 4) is 0 Å². The Hall–Kier alpha value is -0.480. The van der Waals surface area contributed by atoms with Crippen LogP contribution < -0.4 is 11.1 Å². The molecule has 1 fully saturated rings. The van der Waals surface area contributed by atoms with Crippen LogP contribution in [0.1, 0.15) is 32.1 Å². The third kappa shape index (κ3) is 3.52. The van der Waals surface area contributed by atoms with Gasteiger partial charge in [-0.15, -0.1) is 6.58 Å². The van der Waals surface area contributed by atoms with Gasteiger partial charge in [-0.2, -0.15) is 11.8 Å². The van der Waals surface area contributed by atoms with Crippen LogP contribution in [0.5, 0.6) is 0 Å². The van der Waals surface area contributed by atoms with E-state index in [0.29, 0.717) is 6.42 Å². The van der Waals surface area contributed by atoms with E-state index in [1.807, 2.05) is 11.8 Å². The molecule has 16 heavy (non-hydrogen) atoms. The van der Waals surface area contributed by atoms with E-state index in [-0.39, 0.29) is 10.7 Å². The number of thioether (sulfide) groups is 1. The Balaban J connectivity index is 2.37. The fourth-order valence-corrected chi connectivity index (χ4v) is 3.05. The molecule has 4 heteroatoms. The molecule has 1 saturated carbocycles. The average Bonchev–Trinajstić information content (AvgIpc) is 2.75. The molecule has 1 atom stereocenters. The highest BCUT2D eigenvalue weighted by Crippen LogP contribution is 2.39. The highest BCUT2D eigenvalue weighted by atomic mass is 32.2. The zero-order valence-corrected chi connectivity index (χ0v) is 10.8. The van der Waals surface area contributed by atoms with Crippen LogP contribution in [0.25, 0.3) is 0 Å². The first kappa shape index (κ1) is 13.6. The smallest absolute Gasteiger partial charge is 0.237 e. The summed E-state index contributed by atoms with van der Waals surface area (Å²) in [7, 11) is 0. The number of carbonyl (C=O) groups is 1. The zero-order chi connectivity index (χ0) is 12.0. The van der Waals surface area contributed by atoms with Gasteiger partial charge in [0.25, 0.3) is 0 Å². The highest BCUT2D eigenvalue weighted by molar-refractivity contribution is 8.00. The second-order valence-corrected chi connectivity index (χ2v) is 5.72. The molecule has 0 aromatic carbocycles. The van der Waals surface area contributed by atoms with Gasteiger partial charge in [0.2, 0.25) is 5.91 Å². The molecule has 1 amide bonds. The van der Waals surface area contributed by atoms with Gasteiger partial charge in [-0.3, -0.25) is 4.79 Å². The summed E-state index contributed by atoms with van der Waals surface area (Å²) in [5, 5.41) is 2.97. The number of carbonyl (C=O) groups excluding carboxylic acids is 1. The normalized spacial score (nSPS) is 20.4. The molecule has 0 aromatic rings. The molecule has 92 valence electrons. The molecular weight excluding hydrogens is 220 g/mol. The molecule has 1 aliphatic rings. The van der Waals surface area contributed by atoms with E-state index >= 15 is 0 Å². The van der Waals surface area contributed by atoms with E-state index in [1.165, 1.54) is 25.7 Å². The number of amides is 1. The van der Waals surface area contributed by atoms with Crippen LogP contribution in [0.4, 0.5) is 0 Å². The zero-order valence-electron chi connectivity index (χ0n) is 10.00. The van der Waals surface area contributed by atoms with Gasteiger partial charge in [0.1, 0.15) is 0 Å². The fourth-order valence-electron chi connectivity index (χ4n) is 2.14. The highest BCUT2D eigenvalue weighted by Gasteiger charge is 2.33. The lowest BCUT2D eigenvalue weighted by Crippen LogP contribution is -2.45. The minimum absolute atomic E-state index is 0.0553. The fraction of sp³-hybridized carbons (Fsp3) is 0.750. The molecule has 0 saturated heterocycles. The first-order chi connectivity index (χ1) is 7.63. The van der Waals surface area contributed by atoms with Crippen LogP contribution in [-0.2, 0) is 4.79 Å². The third-order valence-electron chi connectivity index (χ3n) is 3.29. The molecule has 1 unspecified atom stereocenters. The van der Waals surface area contributed by atoms with Crippen molar-refractivity contribution >= 4 is 17.7 Å². The Bertz CT molecular complexity index is 249. The number of hydrogen-bond donors (Lipinski definition) is 2. The Kier molecular flexibility index (Phi) is 5.35. The molecule has 3 N–H and O–H groups in total. The lowest BCUT2D eigenvalue weighted by atomic mass is 10.1. The second kappa shape index (κ2) is 6.30. The summed E-state index contributed by atoms with van der Waals surface area (Å²) >= 11 is 1.87. The number of nitrogens with one attached hydrogen (secondary N) is 1. The van der Waals surface area contributed by atoms with Gasteiger partial charge in [0, 0.05) is 11.3 Å². The minimum Gasteiger partial charge on any atom is -0.353 e. The summed E-state index contributed by atoms with van der Waals surface area (Å²) in [6.45, 7) is 4.33. The molecule has 0 bridgehead atoms.